The van der Waals surface area contributed by atoms with Crippen LogP contribution in [-0.4, -0.2) is 0 Å². The van der Waals surface area contributed by atoms with Crippen LogP contribution in [0.3, 0.4) is 0 Å². The van der Waals surface area contributed by atoms with E-state index < -0.39 is 31.8 Å². The smallest absolute Gasteiger partial charge is 2.00 e. The molecule has 4 aromatic rings. The van der Waals surface area contributed by atoms with Gasteiger partial charge in [-0.05, 0) is 0 Å². The van der Waals surface area contributed by atoms with Crippen LogP contribution >= 0.6 is 31.8 Å². The molecule has 0 N–H and O–H groups in total. The maximum absolute atomic E-state index is 10.4. The Balaban J connectivity index is -0.000000124. The summed E-state index contributed by atoms with van der Waals surface area (Å²) < 4.78 is 0. The average Bonchev–Trinajstić information content (AvgIpc) is 2.89. The van der Waals surface area contributed by atoms with Gasteiger partial charge in [-0.3, -0.25) is 0 Å². The van der Waals surface area contributed by atoms with Crippen LogP contribution in [0.4, 0.5) is 0 Å². The molecule has 4 aromatic carbocycles. The zero-order valence-corrected chi connectivity index (χ0v) is 36.0. The molecule has 0 aliphatic heterocycles. The first-order chi connectivity index (χ1) is 20.0. The van der Waals surface area contributed by atoms with Gasteiger partial charge in [0.15, 0.2) is 0 Å². The van der Waals surface area contributed by atoms with Gasteiger partial charge in [0.2, 0.25) is 0 Å². The molecular formula is C28H32Ni6O12P4. The second kappa shape index (κ2) is 28.5. The van der Waals surface area contributed by atoms with Gasteiger partial charge in [-0.1, -0.05) is 0 Å². The molecule has 0 heterocycles. The summed E-state index contributed by atoms with van der Waals surface area (Å²) in [6.45, 7) is 7.31. The summed E-state index contributed by atoms with van der Waals surface area (Å²) in [6, 6.07) is 23.4. The molecule has 0 aliphatic carbocycles. The molecule has 4 rings (SSSR count). The molecule has 0 aliphatic rings. The summed E-state index contributed by atoms with van der Waals surface area (Å²) >= 11 is 0. The molecule has 0 aromatic heterocycles. The zero-order valence-electron chi connectivity index (χ0n) is 26.0. The van der Waals surface area contributed by atoms with Crippen LogP contribution in [0, 0.1) is 27.7 Å². The summed E-state index contributed by atoms with van der Waals surface area (Å²) in [4.78, 5) is 125. The Morgan fingerprint density at radius 1 is 0.240 bits per heavy atom. The topological polar surface area (TPSA) is 277 Å². The molecule has 0 saturated carbocycles. The maximum atomic E-state index is 10.4. The minimum atomic E-state index is -4.81. The fraction of sp³-hybridized carbons (Fsp3) is 0.143. The first-order valence-electron chi connectivity index (χ1n) is 12.7. The molecule has 22 heteroatoms. The van der Waals surface area contributed by atoms with Crippen molar-refractivity contribution in [1.29, 1.82) is 0 Å². The number of benzene rings is 4. The Morgan fingerprint density at radius 2 is 0.340 bits per heavy atom. The average molecular weight is 1040 g/mol. The third kappa shape index (κ3) is 26.8. The third-order valence-electron chi connectivity index (χ3n) is 5.62. The van der Waals surface area contributed by atoms with Crippen molar-refractivity contribution < 1.29 is 158 Å². The second-order valence-corrected chi connectivity index (χ2v) is 16.4. The molecule has 0 radical (unpaired) electrons. The maximum Gasteiger partial charge on any atom is 2.00 e. The van der Waals surface area contributed by atoms with Crippen molar-refractivity contribution >= 4 is 53.0 Å². The van der Waals surface area contributed by atoms with E-state index in [0.29, 0.717) is 0 Å². The van der Waals surface area contributed by atoms with Gasteiger partial charge in [0, 0.05) is 0 Å². The SMILES string of the molecule is Cc1ccc([PH]([O-])([O-])[O-])cc1.Cc1ccc([PH]([O-])([O-])[O-])cc1.Cc1ccc([PH]([O-])([O-])[O-])cc1.Cc1ccc([PH]([O-])([O-])[O-])cc1.[Ni+2].[Ni+2].[Ni+2].[Ni+2].[Ni+2].[Ni+2]. The molecular weight excluding hydrogens is 1000 g/mol. The predicted molar refractivity (Wildman–Crippen MR) is 157 cm³/mol. The van der Waals surface area contributed by atoms with Gasteiger partial charge in [0.25, 0.3) is 0 Å². The van der Waals surface area contributed by atoms with Crippen LogP contribution in [0.1, 0.15) is 22.3 Å². The standard InChI is InChI=1S/4C7H8O3P.6Ni/c4*1-6-2-4-7(5-3-6)11(8,9)10;;;;;;/h4*2-5,11H,1H3;;;;;;/q4*-3;6*+2. The summed E-state index contributed by atoms with van der Waals surface area (Å²) in [7, 11) is -19.2. The van der Waals surface area contributed by atoms with Crippen LogP contribution in [0.25, 0.3) is 0 Å². The van der Waals surface area contributed by atoms with E-state index in [1.807, 2.05) is 27.7 Å². The Bertz CT molecular complexity index is 1200. The minimum absolute atomic E-state index is 0. The van der Waals surface area contributed by atoms with Gasteiger partial charge in [-0.2, -0.15) is 0 Å². The van der Waals surface area contributed by atoms with E-state index in [0.717, 1.165) is 22.3 Å². The normalized spacial score (nSPS) is 11.5. The fourth-order valence-electron chi connectivity index (χ4n) is 3.03. The van der Waals surface area contributed by atoms with Crippen molar-refractivity contribution in [3.63, 3.8) is 0 Å². The Labute approximate surface area is 354 Å². The van der Waals surface area contributed by atoms with Crippen LogP contribution in [0.2, 0.25) is 0 Å². The van der Waals surface area contributed by atoms with Gasteiger partial charge in [0.05, 0.1) is 0 Å². The summed E-state index contributed by atoms with van der Waals surface area (Å²) in [5.41, 5.74) is 3.75. The quantitative estimate of drug-likeness (QED) is 0.136. The zero-order chi connectivity index (χ0) is 33.9. The fourth-order valence-corrected chi connectivity index (χ4v) is 5.33. The molecule has 0 fully saturated rings. The molecule has 50 heavy (non-hydrogen) atoms. The third-order valence-corrected chi connectivity index (χ3v) is 9.78. The second-order valence-electron chi connectivity index (χ2n) is 9.69. The molecule has 296 valence electrons. The number of hydrogen-bond donors (Lipinski definition) is 0. The van der Waals surface area contributed by atoms with E-state index in [2.05, 4.69) is 0 Å². The number of aryl methyl sites for hydroxylation is 4. The van der Waals surface area contributed by atoms with E-state index in [1.54, 1.807) is 48.5 Å². The summed E-state index contributed by atoms with van der Waals surface area (Å²) in [5, 5.41) is -0.489. The molecule has 0 amide bonds. The largest absolute Gasteiger partial charge is 2.00 e. The van der Waals surface area contributed by atoms with Crippen molar-refractivity contribution in [2.45, 2.75) is 27.7 Å². The van der Waals surface area contributed by atoms with Crippen LogP contribution in [-0.2, 0) is 98.9 Å². The van der Waals surface area contributed by atoms with Crippen molar-refractivity contribution in [1.82, 2.24) is 0 Å². The molecule has 0 atom stereocenters. The van der Waals surface area contributed by atoms with Crippen molar-refractivity contribution in [3.05, 3.63) is 119 Å². The van der Waals surface area contributed by atoms with E-state index in [4.69, 9.17) is 0 Å². The molecule has 0 unspecified atom stereocenters. The minimum Gasteiger partial charge on any atom is 2.00 e. The molecule has 0 bridgehead atoms. The van der Waals surface area contributed by atoms with Crippen LogP contribution in [0.5, 0.6) is 0 Å². The molecule has 0 saturated heterocycles. The summed E-state index contributed by atoms with van der Waals surface area (Å²) in [5.74, 6) is 0. The molecule has 0 spiro atoms. The molecule has 12 nitrogen and oxygen atoms in total. The van der Waals surface area contributed by atoms with Crippen LogP contribution < -0.4 is 79.9 Å². The van der Waals surface area contributed by atoms with Crippen molar-refractivity contribution in [2.24, 2.45) is 0 Å². The summed E-state index contributed by atoms with van der Waals surface area (Å²) in [6.07, 6.45) is 0. The van der Waals surface area contributed by atoms with E-state index in [-0.39, 0.29) is 120 Å². The number of rotatable bonds is 4. The van der Waals surface area contributed by atoms with E-state index in [1.165, 1.54) is 48.5 Å². The van der Waals surface area contributed by atoms with Crippen molar-refractivity contribution in [3.8, 4) is 0 Å². The van der Waals surface area contributed by atoms with Gasteiger partial charge >= 0.3 is 358 Å². The first-order valence-corrected chi connectivity index (χ1v) is 19.6. The Hall–Kier alpha value is 1.08. The predicted octanol–water partition coefficient (Wildman–Crippen LogP) is -7.23. The Morgan fingerprint density at radius 3 is 0.420 bits per heavy atom. The van der Waals surface area contributed by atoms with Crippen LogP contribution in [0.15, 0.2) is 97.1 Å². The van der Waals surface area contributed by atoms with Gasteiger partial charge in [0.1, 0.15) is 0 Å². The Kier molecular flexibility index (Phi) is 35.9. The van der Waals surface area contributed by atoms with Crippen molar-refractivity contribution in [2.75, 3.05) is 0 Å². The monoisotopic (exact) mass is 1030 g/mol. The van der Waals surface area contributed by atoms with Gasteiger partial charge in [-0.25, -0.2) is 0 Å². The van der Waals surface area contributed by atoms with E-state index >= 15 is 0 Å². The first kappa shape index (κ1) is 63.0. The van der Waals surface area contributed by atoms with E-state index in [9.17, 15) is 58.7 Å². The van der Waals surface area contributed by atoms with Gasteiger partial charge in [-0.15, -0.1) is 0 Å². The van der Waals surface area contributed by atoms with Gasteiger partial charge < -0.3 is 0 Å². The number of hydrogen-bond acceptors (Lipinski definition) is 12.